The Morgan fingerprint density at radius 1 is 1.02 bits per heavy atom. The lowest BCUT2D eigenvalue weighted by Gasteiger charge is -2.48. The lowest BCUT2D eigenvalue weighted by Crippen LogP contribution is -2.54. The van der Waals surface area contributed by atoms with Gasteiger partial charge in [-0.3, -0.25) is 9.59 Å². The summed E-state index contributed by atoms with van der Waals surface area (Å²) in [7, 11) is 0. The fraction of sp³-hybridized carbons (Fsp3) is 0.636. The SMILES string of the molecule is CC1=C[C@H]2C(=O)O[C@H]3C[C@@H](CC=C(C)[C@@H](O)[C@@H](C)C=CC=C(C)[C@]2(O)CC1=O)O[C@@]1(C=C[C@H](C)[C@@H](C(C)C)O1)C3. The Hall–Kier alpha value is -2.32. The van der Waals surface area contributed by atoms with E-state index in [2.05, 4.69) is 26.8 Å². The Morgan fingerprint density at radius 2 is 1.75 bits per heavy atom. The molecule has 0 radical (unpaired) electrons. The number of ketones is 1. The van der Waals surface area contributed by atoms with Crippen LogP contribution in [-0.4, -0.2) is 57.8 Å². The van der Waals surface area contributed by atoms with Gasteiger partial charge >= 0.3 is 5.97 Å². The summed E-state index contributed by atoms with van der Waals surface area (Å²) in [4.78, 5) is 26.4. The van der Waals surface area contributed by atoms with Crippen molar-refractivity contribution < 1.29 is 34.0 Å². The first-order chi connectivity index (χ1) is 18.7. The first kappa shape index (κ1) is 30.6. The number of aliphatic hydroxyl groups is 2. The van der Waals surface area contributed by atoms with E-state index in [1.54, 1.807) is 26.0 Å². The number of hydrogen-bond acceptors (Lipinski definition) is 7. The van der Waals surface area contributed by atoms with E-state index in [0.717, 1.165) is 5.57 Å². The zero-order chi connectivity index (χ0) is 29.4. The number of Topliss-reactive ketones (excluding diaryl/α,β-unsaturated/α-hetero) is 1. The van der Waals surface area contributed by atoms with E-state index < -0.39 is 35.5 Å². The second-order valence-electron chi connectivity index (χ2n) is 12.7. The first-order valence-corrected chi connectivity index (χ1v) is 14.6. The quantitative estimate of drug-likeness (QED) is 0.342. The number of fused-ring (bicyclic) bond motifs is 3. The van der Waals surface area contributed by atoms with E-state index >= 15 is 0 Å². The van der Waals surface area contributed by atoms with Gasteiger partial charge in [0.1, 0.15) is 17.6 Å². The number of hydrogen-bond donors (Lipinski definition) is 2. The number of carbonyl (C=O) groups excluding carboxylic acids is 2. The summed E-state index contributed by atoms with van der Waals surface area (Å²) in [5.41, 5.74) is 0.0366. The van der Waals surface area contributed by atoms with Crippen molar-refractivity contribution >= 4 is 11.8 Å². The largest absolute Gasteiger partial charge is 0.462 e. The van der Waals surface area contributed by atoms with Gasteiger partial charge in [-0.2, -0.15) is 0 Å². The molecule has 2 bridgehead atoms. The van der Waals surface area contributed by atoms with Crippen molar-refractivity contribution in [3.8, 4) is 0 Å². The molecule has 2 N–H and O–H groups in total. The summed E-state index contributed by atoms with van der Waals surface area (Å²) < 4.78 is 19.3. The van der Waals surface area contributed by atoms with Gasteiger partial charge in [0.15, 0.2) is 11.6 Å². The Balaban J connectivity index is 1.75. The van der Waals surface area contributed by atoms with Crippen molar-refractivity contribution in [1.29, 1.82) is 0 Å². The van der Waals surface area contributed by atoms with Crippen molar-refractivity contribution in [2.45, 2.75) is 110 Å². The van der Waals surface area contributed by atoms with Gasteiger partial charge in [0.25, 0.3) is 0 Å². The maximum absolute atomic E-state index is 13.8. The summed E-state index contributed by atoms with van der Waals surface area (Å²) >= 11 is 0. The minimum Gasteiger partial charge on any atom is -0.462 e. The van der Waals surface area contributed by atoms with E-state index in [1.807, 2.05) is 32.1 Å². The highest BCUT2D eigenvalue weighted by molar-refractivity contribution is 5.99. The molecule has 1 saturated heterocycles. The third-order valence-corrected chi connectivity index (χ3v) is 9.02. The Labute approximate surface area is 238 Å². The summed E-state index contributed by atoms with van der Waals surface area (Å²) in [6.45, 7) is 13.6. The van der Waals surface area contributed by atoms with Crippen LogP contribution in [-0.2, 0) is 23.8 Å². The molecule has 0 amide bonds. The fourth-order valence-electron chi connectivity index (χ4n) is 6.36. The van der Waals surface area contributed by atoms with Crippen LogP contribution in [0.5, 0.6) is 0 Å². The smallest absolute Gasteiger partial charge is 0.316 e. The molecule has 3 aliphatic heterocycles. The number of allylic oxidation sites excluding steroid dienone is 3. The Morgan fingerprint density at radius 3 is 2.45 bits per heavy atom. The number of ether oxygens (including phenoxy) is 3. The molecule has 7 nitrogen and oxygen atoms in total. The Bertz CT molecular complexity index is 1140. The van der Waals surface area contributed by atoms with Crippen LogP contribution < -0.4 is 0 Å². The van der Waals surface area contributed by atoms with Gasteiger partial charge in [-0.1, -0.05) is 64.2 Å². The maximum atomic E-state index is 13.8. The van der Waals surface area contributed by atoms with Crippen LogP contribution in [0.15, 0.2) is 59.3 Å². The molecule has 1 aliphatic carbocycles. The summed E-state index contributed by atoms with van der Waals surface area (Å²) in [5.74, 6) is -2.57. The van der Waals surface area contributed by atoms with E-state index in [-0.39, 0.29) is 42.2 Å². The zero-order valence-electron chi connectivity index (χ0n) is 24.9. The highest BCUT2D eigenvalue weighted by atomic mass is 16.7. The lowest BCUT2D eigenvalue weighted by molar-refractivity contribution is -0.299. The number of carbonyl (C=O) groups is 2. The van der Waals surface area contributed by atoms with Crippen LogP contribution in [0.4, 0.5) is 0 Å². The van der Waals surface area contributed by atoms with Gasteiger partial charge in [0, 0.05) is 31.1 Å². The normalized spacial score (nSPS) is 41.2. The van der Waals surface area contributed by atoms with Crippen molar-refractivity contribution in [2.75, 3.05) is 0 Å². The molecule has 0 aromatic heterocycles. The van der Waals surface area contributed by atoms with E-state index in [0.29, 0.717) is 30.4 Å². The molecular weight excluding hydrogens is 508 g/mol. The van der Waals surface area contributed by atoms with Gasteiger partial charge in [0.2, 0.25) is 0 Å². The molecule has 40 heavy (non-hydrogen) atoms. The van der Waals surface area contributed by atoms with E-state index in [9.17, 15) is 19.8 Å². The van der Waals surface area contributed by atoms with Crippen molar-refractivity contribution in [1.82, 2.24) is 0 Å². The summed E-state index contributed by atoms with van der Waals surface area (Å²) in [6, 6.07) is 0. The van der Waals surface area contributed by atoms with Crippen LogP contribution >= 0.6 is 0 Å². The predicted octanol–water partition coefficient (Wildman–Crippen LogP) is 5.14. The molecule has 0 saturated carbocycles. The molecule has 4 rings (SSSR count). The molecule has 0 aromatic rings. The molecule has 4 aliphatic rings. The molecule has 1 spiro atoms. The molecule has 0 aromatic carbocycles. The average Bonchev–Trinajstić information content (AvgIpc) is 2.89. The van der Waals surface area contributed by atoms with Crippen LogP contribution in [0, 0.1) is 23.7 Å². The number of aliphatic hydroxyl groups excluding tert-OH is 1. The molecule has 3 heterocycles. The standard InChI is InChI=1S/C33H46O7/c1-19(2)30-22(5)13-14-32(40-30)17-26-16-25(39-32)12-11-21(4)29(35)20(3)9-8-10-24(7)33(37)18-28(34)23(6)15-27(33)31(36)38-26/h8-11,13-15,19-20,22,25-27,29-30,35,37H,12,16-18H2,1-7H3/t20-,22-,25+,26-,27-,29-,30+,32+,33+/m0/s1. The third-order valence-electron chi connectivity index (χ3n) is 9.02. The lowest BCUT2D eigenvalue weighted by atomic mass is 9.72. The number of esters is 1. The molecule has 9 atom stereocenters. The topological polar surface area (TPSA) is 102 Å². The monoisotopic (exact) mass is 554 g/mol. The first-order valence-electron chi connectivity index (χ1n) is 14.6. The molecule has 220 valence electrons. The van der Waals surface area contributed by atoms with Gasteiger partial charge in [-0.15, -0.1) is 0 Å². The summed E-state index contributed by atoms with van der Waals surface area (Å²) in [6.07, 6.45) is 12.4. The zero-order valence-corrected chi connectivity index (χ0v) is 24.9. The van der Waals surface area contributed by atoms with Gasteiger partial charge in [-0.05, 0) is 55.9 Å². The highest BCUT2D eigenvalue weighted by Crippen LogP contribution is 2.42. The minimum absolute atomic E-state index is 0.0579. The molecule has 7 heteroatoms. The second kappa shape index (κ2) is 11.9. The minimum atomic E-state index is -1.71. The van der Waals surface area contributed by atoms with Gasteiger partial charge < -0.3 is 24.4 Å². The molecule has 1 fully saturated rings. The van der Waals surface area contributed by atoms with Crippen molar-refractivity contribution in [3.05, 3.63) is 59.3 Å². The van der Waals surface area contributed by atoms with Crippen LogP contribution in [0.3, 0.4) is 0 Å². The van der Waals surface area contributed by atoms with Crippen LogP contribution in [0.2, 0.25) is 0 Å². The fourth-order valence-corrected chi connectivity index (χ4v) is 6.36. The van der Waals surface area contributed by atoms with E-state index in [1.165, 1.54) is 6.08 Å². The third kappa shape index (κ3) is 6.28. The van der Waals surface area contributed by atoms with Gasteiger partial charge in [0.05, 0.1) is 18.3 Å². The Kier molecular flexibility index (Phi) is 9.10. The second-order valence-corrected chi connectivity index (χ2v) is 12.7. The average molecular weight is 555 g/mol. The van der Waals surface area contributed by atoms with Crippen molar-refractivity contribution in [2.24, 2.45) is 23.7 Å². The van der Waals surface area contributed by atoms with Crippen LogP contribution in [0.1, 0.15) is 74.1 Å². The molecule has 0 unspecified atom stereocenters. The summed E-state index contributed by atoms with van der Waals surface area (Å²) in [5, 5.41) is 22.8. The van der Waals surface area contributed by atoms with Crippen molar-refractivity contribution in [3.63, 3.8) is 0 Å². The molecular formula is C33H46O7. The van der Waals surface area contributed by atoms with E-state index in [4.69, 9.17) is 14.2 Å². The van der Waals surface area contributed by atoms with Gasteiger partial charge in [-0.25, -0.2) is 0 Å². The predicted molar refractivity (Wildman–Crippen MR) is 153 cm³/mol. The number of rotatable bonds is 1. The van der Waals surface area contributed by atoms with Crippen LogP contribution in [0.25, 0.3) is 0 Å². The maximum Gasteiger partial charge on any atom is 0.316 e. The highest BCUT2D eigenvalue weighted by Gasteiger charge is 2.50.